The maximum atomic E-state index is 13.3. The van der Waals surface area contributed by atoms with Crippen molar-refractivity contribution in [1.29, 1.82) is 0 Å². The third-order valence-corrected chi connectivity index (χ3v) is 3.25. The summed E-state index contributed by atoms with van der Waals surface area (Å²) in [5, 5.41) is 0. The van der Waals surface area contributed by atoms with Gasteiger partial charge in [0.1, 0.15) is 0 Å². The number of alkyl halides is 3. The van der Waals surface area contributed by atoms with E-state index in [0.29, 0.717) is 24.3 Å². The first-order chi connectivity index (χ1) is 10.7. The number of aromatic nitrogens is 2. The Kier molecular flexibility index (Phi) is 3.24. The molecule has 0 aliphatic rings. The molecular weight excluding hydrogens is 326 g/mol. The molecule has 0 amide bonds. The molecule has 0 aliphatic carbocycles. The van der Waals surface area contributed by atoms with Crippen molar-refractivity contribution >= 4 is 11.0 Å². The van der Waals surface area contributed by atoms with Crippen LogP contribution in [0.3, 0.4) is 0 Å². The Morgan fingerprint density at radius 1 is 0.870 bits per heavy atom. The molecule has 0 atom stereocenters. The van der Waals surface area contributed by atoms with Crippen molar-refractivity contribution in [2.24, 2.45) is 0 Å². The molecule has 0 fully saturated rings. The predicted molar refractivity (Wildman–Crippen MR) is 69.2 cm³/mol. The van der Waals surface area contributed by atoms with E-state index in [1.165, 1.54) is 0 Å². The molecule has 0 bridgehead atoms. The third kappa shape index (κ3) is 2.58. The van der Waals surface area contributed by atoms with Gasteiger partial charge in [0.15, 0.2) is 17.5 Å². The molecule has 0 unspecified atom stereocenters. The summed E-state index contributed by atoms with van der Waals surface area (Å²) >= 11 is 0. The van der Waals surface area contributed by atoms with Gasteiger partial charge < -0.3 is 9.97 Å². The van der Waals surface area contributed by atoms with Crippen molar-refractivity contribution in [3.05, 3.63) is 57.8 Å². The van der Waals surface area contributed by atoms with Gasteiger partial charge in [-0.1, -0.05) is 0 Å². The van der Waals surface area contributed by atoms with E-state index in [1.54, 1.807) is 0 Å². The van der Waals surface area contributed by atoms with Crippen molar-refractivity contribution in [2.75, 3.05) is 0 Å². The maximum Gasteiger partial charge on any atom is 0.416 e. The van der Waals surface area contributed by atoms with Crippen LogP contribution in [-0.4, -0.2) is 9.97 Å². The van der Waals surface area contributed by atoms with Crippen molar-refractivity contribution in [2.45, 2.75) is 6.18 Å². The zero-order valence-corrected chi connectivity index (χ0v) is 11.0. The lowest BCUT2D eigenvalue weighted by molar-refractivity contribution is -0.137. The van der Waals surface area contributed by atoms with Gasteiger partial charge in [-0.25, -0.2) is 18.0 Å². The average Bonchev–Trinajstić information content (AvgIpc) is 2.82. The number of fused-ring (bicyclic) bond motifs is 1. The topological polar surface area (TPSA) is 48.6 Å². The monoisotopic (exact) mass is 332 g/mol. The van der Waals surface area contributed by atoms with Crippen LogP contribution in [0.5, 0.6) is 0 Å². The lowest BCUT2D eigenvalue weighted by atomic mass is 10.0. The fourth-order valence-corrected chi connectivity index (χ4v) is 2.24. The largest absolute Gasteiger partial charge is 0.416 e. The van der Waals surface area contributed by atoms with E-state index in [4.69, 9.17) is 0 Å². The van der Waals surface area contributed by atoms with E-state index in [2.05, 4.69) is 9.97 Å². The van der Waals surface area contributed by atoms with E-state index in [0.717, 1.165) is 0 Å². The average molecular weight is 332 g/mol. The van der Waals surface area contributed by atoms with E-state index in [-0.39, 0.29) is 22.2 Å². The van der Waals surface area contributed by atoms with Gasteiger partial charge in [0.05, 0.1) is 16.6 Å². The summed E-state index contributed by atoms with van der Waals surface area (Å²) in [5.74, 6) is -4.84. The second-order valence-corrected chi connectivity index (χ2v) is 4.78. The van der Waals surface area contributed by atoms with Gasteiger partial charge in [-0.3, -0.25) is 0 Å². The van der Waals surface area contributed by atoms with E-state index in [1.807, 2.05) is 0 Å². The fourth-order valence-electron chi connectivity index (χ4n) is 2.24. The van der Waals surface area contributed by atoms with E-state index in [9.17, 15) is 31.1 Å². The van der Waals surface area contributed by atoms with Gasteiger partial charge in [0.25, 0.3) is 0 Å². The van der Waals surface area contributed by atoms with Gasteiger partial charge in [0, 0.05) is 5.56 Å². The van der Waals surface area contributed by atoms with Crippen LogP contribution in [0.1, 0.15) is 5.56 Å². The molecule has 0 aliphatic heterocycles. The molecule has 23 heavy (non-hydrogen) atoms. The second kappa shape index (κ2) is 4.90. The molecule has 3 nitrogen and oxygen atoms in total. The first kappa shape index (κ1) is 15.2. The molecule has 0 saturated heterocycles. The first-order valence-electron chi connectivity index (χ1n) is 6.15. The molecule has 9 heteroatoms. The molecule has 0 radical (unpaired) electrons. The summed E-state index contributed by atoms with van der Waals surface area (Å²) in [6.45, 7) is 0. The molecule has 1 heterocycles. The first-order valence-corrected chi connectivity index (χ1v) is 6.15. The van der Waals surface area contributed by atoms with Gasteiger partial charge >= 0.3 is 11.9 Å². The highest BCUT2D eigenvalue weighted by molar-refractivity contribution is 5.92. The minimum atomic E-state index is -4.74. The summed E-state index contributed by atoms with van der Waals surface area (Å²) in [7, 11) is 0. The quantitative estimate of drug-likeness (QED) is 0.514. The number of halogens is 6. The fraction of sp³-hybridized carbons (Fsp3) is 0.0714. The molecule has 0 saturated carbocycles. The van der Waals surface area contributed by atoms with Crippen LogP contribution < -0.4 is 5.69 Å². The summed E-state index contributed by atoms with van der Waals surface area (Å²) in [6, 6.07) is 2.42. The molecule has 3 aromatic rings. The normalized spacial score (nSPS) is 12.1. The molecular formula is C14H6F6N2O. The number of hydrogen-bond acceptors (Lipinski definition) is 1. The van der Waals surface area contributed by atoms with Crippen LogP contribution in [0.15, 0.2) is 29.1 Å². The zero-order valence-electron chi connectivity index (χ0n) is 11.0. The van der Waals surface area contributed by atoms with Gasteiger partial charge in [-0.2, -0.15) is 13.2 Å². The van der Waals surface area contributed by atoms with Crippen molar-refractivity contribution in [3.63, 3.8) is 0 Å². The van der Waals surface area contributed by atoms with Crippen LogP contribution in [0, 0.1) is 17.5 Å². The van der Waals surface area contributed by atoms with Crippen molar-refractivity contribution < 1.29 is 26.3 Å². The zero-order chi connectivity index (χ0) is 16.9. The number of hydrogen-bond donors (Lipinski definition) is 2. The molecule has 0 spiro atoms. The Labute approximate surface area is 123 Å². The number of imidazole rings is 1. The minimum absolute atomic E-state index is 0.0755. The summed E-state index contributed by atoms with van der Waals surface area (Å²) < 4.78 is 78.5. The molecule has 2 N–H and O–H groups in total. The van der Waals surface area contributed by atoms with Crippen LogP contribution in [-0.2, 0) is 6.18 Å². The number of aromatic amines is 2. The van der Waals surface area contributed by atoms with Gasteiger partial charge in [-0.15, -0.1) is 0 Å². The van der Waals surface area contributed by atoms with Gasteiger partial charge in [0.2, 0.25) is 0 Å². The Hall–Kier alpha value is -2.71. The number of nitrogens with one attached hydrogen (secondary N) is 2. The number of H-pyrrole nitrogens is 2. The smallest absolute Gasteiger partial charge is 0.306 e. The molecule has 120 valence electrons. The third-order valence-electron chi connectivity index (χ3n) is 3.25. The maximum absolute atomic E-state index is 13.3. The molecule has 2 aromatic carbocycles. The number of benzene rings is 2. The van der Waals surface area contributed by atoms with Crippen LogP contribution in [0.25, 0.3) is 22.2 Å². The van der Waals surface area contributed by atoms with Gasteiger partial charge in [-0.05, 0) is 29.8 Å². The lowest BCUT2D eigenvalue weighted by Crippen LogP contribution is -2.05. The Morgan fingerprint density at radius 3 is 2.04 bits per heavy atom. The van der Waals surface area contributed by atoms with E-state index >= 15 is 0 Å². The lowest BCUT2D eigenvalue weighted by Gasteiger charge is -2.11. The van der Waals surface area contributed by atoms with Crippen LogP contribution >= 0.6 is 0 Å². The SMILES string of the molecule is O=c1[nH]c2cc(C(F)(F)F)cc(-c3cc(F)c(F)c(F)c3)c2[nH]1. The highest BCUT2D eigenvalue weighted by atomic mass is 19.4. The van der Waals surface area contributed by atoms with E-state index < -0.39 is 34.9 Å². The predicted octanol–water partition coefficient (Wildman–Crippen LogP) is 3.96. The summed E-state index contributed by atoms with van der Waals surface area (Å²) in [4.78, 5) is 15.7. The highest BCUT2D eigenvalue weighted by Gasteiger charge is 2.32. The van der Waals surface area contributed by atoms with Crippen molar-refractivity contribution in [3.8, 4) is 11.1 Å². The Balaban J connectivity index is 2.38. The summed E-state index contributed by atoms with van der Waals surface area (Å²) in [6.07, 6.45) is -4.74. The van der Waals surface area contributed by atoms with Crippen molar-refractivity contribution in [1.82, 2.24) is 9.97 Å². The molecule has 1 aromatic heterocycles. The minimum Gasteiger partial charge on any atom is -0.306 e. The summed E-state index contributed by atoms with van der Waals surface area (Å²) in [5.41, 5.74) is -2.80. The highest BCUT2D eigenvalue weighted by Crippen LogP contribution is 2.36. The second-order valence-electron chi connectivity index (χ2n) is 4.78. The Morgan fingerprint density at radius 2 is 1.48 bits per heavy atom. The van der Waals surface area contributed by atoms with Crippen LogP contribution in [0.4, 0.5) is 26.3 Å². The van der Waals surface area contributed by atoms with Crippen LogP contribution in [0.2, 0.25) is 0 Å². The number of rotatable bonds is 1. The Bertz CT molecular complexity index is 947. The standard InChI is InChI=1S/C14H6F6N2O/c15-8-1-5(2-9(16)11(8)17)7-3-6(14(18,19)20)4-10-12(7)22-13(23)21-10/h1-4H,(H2,21,22,23). The molecule has 3 rings (SSSR count).